The minimum absolute atomic E-state index is 0.146. The van der Waals surface area contributed by atoms with Crippen molar-refractivity contribution < 1.29 is 4.79 Å². The first-order valence-electron chi connectivity index (χ1n) is 8.86. The van der Waals surface area contributed by atoms with Crippen LogP contribution in [0.5, 0.6) is 0 Å². The third-order valence-corrected chi connectivity index (χ3v) is 5.15. The van der Waals surface area contributed by atoms with Crippen LogP contribution < -0.4 is 10.6 Å². The molecule has 0 spiro atoms. The molecular formula is C20H25N3OS. The summed E-state index contributed by atoms with van der Waals surface area (Å²) in [4.78, 5) is 18.0. The zero-order chi connectivity index (χ0) is 17.6. The molecule has 1 amide bonds. The van der Waals surface area contributed by atoms with Crippen LogP contribution in [0.25, 0.3) is 0 Å². The Kier molecular flexibility index (Phi) is 5.87. The van der Waals surface area contributed by atoms with Gasteiger partial charge in [-0.3, -0.25) is 9.79 Å². The highest BCUT2D eigenvalue weighted by Gasteiger charge is 2.25. The van der Waals surface area contributed by atoms with Crippen molar-refractivity contribution in [1.29, 1.82) is 0 Å². The van der Waals surface area contributed by atoms with E-state index in [0.29, 0.717) is 12.6 Å². The quantitative estimate of drug-likeness (QED) is 0.595. The molecule has 1 aromatic carbocycles. The Morgan fingerprint density at radius 2 is 2.12 bits per heavy atom. The summed E-state index contributed by atoms with van der Waals surface area (Å²) < 4.78 is 0. The van der Waals surface area contributed by atoms with E-state index >= 15 is 0 Å². The molecule has 2 N–H and O–H groups in total. The molecule has 1 fully saturated rings. The lowest BCUT2D eigenvalue weighted by Gasteiger charge is -2.24. The second kappa shape index (κ2) is 8.30. The van der Waals surface area contributed by atoms with Gasteiger partial charge in [-0.05, 0) is 55.8 Å². The van der Waals surface area contributed by atoms with Gasteiger partial charge in [0, 0.05) is 17.6 Å². The molecule has 1 aromatic heterocycles. The van der Waals surface area contributed by atoms with Crippen LogP contribution in [-0.2, 0) is 11.3 Å². The number of hydrogen-bond acceptors (Lipinski definition) is 3. The molecule has 5 heteroatoms. The number of amides is 1. The number of carbonyl (C=O) groups excluding carboxylic acids is 1. The minimum Gasteiger partial charge on any atom is -0.367 e. The Bertz CT molecular complexity index is 733. The number of benzene rings is 1. The van der Waals surface area contributed by atoms with Crippen molar-refractivity contribution in [2.45, 2.75) is 45.7 Å². The third kappa shape index (κ3) is 4.92. The lowest BCUT2D eigenvalue weighted by molar-refractivity contribution is -0.122. The lowest BCUT2D eigenvalue weighted by Crippen LogP contribution is -2.30. The summed E-state index contributed by atoms with van der Waals surface area (Å²) in [6.45, 7) is 4.81. The number of hydrogen-bond donors (Lipinski definition) is 2. The molecule has 0 atom stereocenters. The number of rotatable bonds is 6. The maximum Gasteiger partial charge on any atom is 0.227 e. The molecular weight excluding hydrogens is 330 g/mol. The normalized spacial score (nSPS) is 15.1. The molecule has 0 radical (unpaired) electrons. The average Bonchev–Trinajstić information content (AvgIpc) is 3.04. The van der Waals surface area contributed by atoms with Gasteiger partial charge in [-0.15, -0.1) is 11.3 Å². The Morgan fingerprint density at radius 3 is 2.76 bits per heavy atom. The molecule has 3 rings (SSSR count). The Balaban J connectivity index is 1.68. The molecule has 2 aromatic rings. The van der Waals surface area contributed by atoms with E-state index in [1.165, 1.54) is 6.42 Å². The van der Waals surface area contributed by atoms with E-state index in [2.05, 4.69) is 35.9 Å². The van der Waals surface area contributed by atoms with Crippen molar-refractivity contribution in [3.05, 3.63) is 52.2 Å². The number of nitrogens with one attached hydrogen (secondary N) is 2. The molecule has 4 nitrogen and oxygen atoms in total. The highest BCUT2D eigenvalue weighted by molar-refractivity contribution is 7.12. The third-order valence-electron chi connectivity index (χ3n) is 4.27. The Hall–Kier alpha value is -2.14. The zero-order valence-electron chi connectivity index (χ0n) is 14.8. The molecule has 132 valence electrons. The smallest absolute Gasteiger partial charge is 0.227 e. The van der Waals surface area contributed by atoms with Gasteiger partial charge < -0.3 is 10.6 Å². The maximum atomic E-state index is 12.1. The van der Waals surface area contributed by atoms with Crippen LogP contribution >= 0.6 is 11.3 Å². The topological polar surface area (TPSA) is 53.5 Å². The fourth-order valence-electron chi connectivity index (χ4n) is 2.71. The van der Waals surface area contributed by atoms with Crippen LogP contribution in [0.2, 0.25) is 0 Å². The van der Waals surface area contributed by atoms with Gasteiger partial charge in [0.05, 0.1) is 11.4 Å². The first kappa shape index (κ1) is 17.7. The number of carbonyl (C=O) groups is 1. The van der Waals surface area contributed by atoms with E-state index in [0.717, 1.165) is 34.8 Å². The van der Waals surface area contributed by atoms with E-state index < -0.39 is 0 Å². The summed E-state index contributed by atoms with van der Waals surface area (Å²) in [6, 6.07) is 12.4. The number of aliphatic imine (C=N–C) groups is 1. The summed E-state index contributed by atoms with van der Waals surface area (Å²) in [6.07, 6.45) is 3.20. The fourth-order valence-corrected chi connectivity index (χ4v) is 3.41. The Labute approximate surface area is 153 Å². The van der Waals surface area contributed by atoms with Crippen LogP contribution in [-0.4, -0.2) is 17.8 Å². The predicted molar refractivity (Wildman–Crippen MR) is 105 cm³/mol. The molecule has 0 unspecified atom stereocenters. The van der Waals surface area contributed by atoms with Crippen molar-refractivity contribution in [2.24, 2.45) is 10.9 Å². The van der Waals surface area contributed by atoms with Gasteiger partial charge >= 0.3 is 0 Å². The summed E-state index contributed by atoms with van der Waals surface area (Å²) in [7, 11) is 0. The van der Waals surface area contributed by atoms with Crippen LogP contribution in [0.15, 0.2) is 46.8 Å². The lowest BCUT2D eigenvalue weighted by atomic mass is 9.85. The molecule has 0 aliphatic heterocycles. The average molecular weight is 356 g/mol. The second-order valence-electron chi connectivity index (χ2n) is 6.76. The minimum atomic E-state index is 0.146. The summed E-state index contributed by atoms with van der Waals surface area (Å²) >= 11 is 1.68. The summed E-state index contributed by atoms with van der Waals surface area (Å²) in [5.41, 5.74) is 1.95. The van der Waals surface area contributed by atoms with E-state index in [4.69, 9.17) is 4.99 Å². The van der Waals surface area contributed by atoms with Gasteiger partial charge in [-0.2, -0.15) is 0 Å². The van der Waals surface area contributed by atoms with Crippen molar-refractivity contribution in [2.75, 3.05) is 5.32 Å². The van der Waals surface area contributed by atoms with Crippen LogP contribution in [0.3, 0.4) is 0 Å². The van der Waals surface area contributed by atoms with Gasteiger partial charge in [0.2, 0.25) is 5.91 Å². The standard InChI is InChI=1S/C20H25N3OS/c1-14(2)22-19(18-10-5-11-25-18)21-13-15-6-3-9-17(12-15)23-20(24)16-7-4-8-16/h3,5-6,9-12,14,16H,4,7-8,13H2,1-2H3,(H,21,22)(H,23,24). The van der Waals surface area contributed by atoms with E-state index in [-0.39, 0.29) is 11.8 Å². The van der Waals surface area contributed by atoms with Gasteiger partial charge in [0.1, 0.15) is 5.84 Å². The summed E-state index contributed by atoms with van der Waals surface area (Å²) in [5.74, 6) is 1.27. The van der Waals surface area contributed by atoms with Crippen molar-refractivity contribution in [3.63, 3.8) is 0 Å². The number of nitrogens with zero attached hydrogens (tertiary/aromatic N) is 1. The fraction of sp³-hybridized carbons (Fsp3) is 0.400. The van der Waals surface area contributed by atoms with Crippen LogP contribution in [0.4, 0.5) is 5.69 Å². The van der Waals surface area contributed by atoms with Crippen molar-refractivity contribution >= 4 is 28.8 Å². The van der Waals surface area contributed by atoms with E-state index in [9.17, 15) is 4.79 Å². The highest BCUT2D eigenvalue weighted by Crippen LogP contribution is 2.27. The van der Waals surface area contributed by atoms with Gasteiger partial charge in [-0.25, -0.2) is 0 Å². The first-order valence-corrected chi connectivity index (χ1v) is 9.74. The SMILES string of the molecule is CC(C)NC(=NCc1cccc(NC(=O)C2CCC2)c1)c1cccs1. The number of amidine groups is 1. The van der Waals surface area contributed by atoms with Crippen LogP contribution in [0, 0.1) is 5.92 Å². The van der Waals surface area contributed by atoms with Gasteiger partial charge in [0.25, 0.3) is 0 Å². The van der Waals surface area contributed by atoms with Crippen LogP contribution in [0.1, 0.15) is 43.6 Å². The Morgan fingerprint density at radius 1 is 1.28 bits per heavy atom. The summed E-state index contributed by atoms with van der Waals surface area (Å²) in [5, 5.41) is 8.51. The largest absolute Gasteiger partial charge is 0.367 e. The van der Waals surface area contributed by atoms with E-state index in [1.807, 2.05) is 30.3 Å². The molecule has 1 saturated carbocycles. The van der Waals surface area contributed by atoms with Gasteiger partial charge in [0.15, 0.2) is 0 Å². The number of thiophene rings is 1. The molecule has 25 heavy (non-hydrogen) atoms. The molecule has 0 bridgehead atoms. The highest BCUT2D eigenvalue weighted by atomic mass is 32.1. The monoisotopic (exact) mass is 355 g/mol. The molecule has 0 saturated heterocycles. The maximum absolute atomic E-state index is 12.1. The zero-order valence-corrected chi connectivity index (χ0v) is 15.6. The van der Waals surface area contributed by atoms with Gasteiger partial charge in [-0.1, -0.05) is 24.6 Å². The molecule has 1 aliphatic carbocycles. The predicted octanol–water partition coefficient (Wildman–Crippen LogP) is 4.43. The molecule has 1 aliphatic rings. The second-order valence-corrected chi connectivity index (χ2v) is 7.71. The van der Waals surface area contributed by atoms with Crippen molar-refractivity contribution in [3.8, 4) is 0 Å². The van der Waals surface area contributed by atoms with Crippen molar-refractivity contribution in [1.82, 2.24) is 5.32 Å². The first-order chi connectivity index (χ1) is 12.1. The van der Waals surface area contributed by atoms with E-state index in [1.54, 1.807) is 11.3 Å². The molecule has 1 heterocycles. The number of anilines is 1.